The summed E-state index contributed by atoms with van der Waals surface area (Å²) >= 11 is 0. The van der Waals surface area contributed by atoms with Gasteiger partial charge in [-0.2, -0.15) is 5.48 Å². The highest BCUT2D eigenvalue weighted by molar-refractivity contribution is 5.73. The van der Waals surface area contributed by atoms with Crippen LogP contribution in [0.1, 0.15) is 52.4 Å². The van der Waals surface area contributed by atoms with Crippen molar-refractivity contribution in [2.45, 2.75) is 58.5 Å². The number of carboxylic acids is 1. The molecule has 0 bridgehead atoms. The van der Waals surface area contributed by atoms with Crippen LogP contribution in [0.4, 0.5) is 4.79 Å². The Labute approximate surface area is 119 Å². The Balaban J connectivity index is 2.31. The molecule has 6 heteroatoms. The molecule has 0 aromatic heterocycles. The Kier molecular flexibility index (Phi) is 7.36. The van der Waals surface area contributed by atoms with E-state index in [1.165, 1.54) is 6.42 Å². The zero-order chi connectivity index (χ0) is 15.0. The number of carboxylic acid groups (broad SMARTS) is 1. The van der Waals surface area contributed by atoms with E-state index in [0.29, 0.717) is 12.3 Å². The van der Waals surface area contributed by atoms with Crippen LogP contribution in [0.3, 0.4) is 0 Å². The summed E-state index contributed by atoms with van der Waals surface area (Å²) in [4.78, 5) is 27.4. The molecular formula is C14H25NO5. The number of hydroxylamine groups is 1. The number of carbonyl (C=O) groups excluding carboxylic acids is 1. The summed E-state index contributed by atoms with van der Waals surface area (Å²) in [5, 5.41) is 9.12. The first kappa shape index (κ1) is 16.8. The second-order valence-electron chi connectivity index (χ2n) is 5.78. The molecule has 1 rings (SSSR count). The zero-order valence-electron chi connectivity index (χ0n) is 12.3. The van der Waals surface area contributed by atoms with Crippen LogP contribution in [0.25, 0.3) is 0 Å². The molecule has 0 aliphatic heterocycles. The summed E-state index contributed by atoms with van der Waals surface area (Å²) in [5.74, 6) is -0.476. The highest BCUT2D eigenvalue weighted by atomic mass is 16.7. The van der Waals surface area contributed by atoms with Crippen LogP contribution >= 0.6 is 0 Å². The summed E-state index contributed by atoms with van der Waals surface area (Å²) in [6.07, 6.45) is 4.24. The predicted octanol–water partition coefficient (Wildman–Crippen LogP) is 2.72. The Morgan fingerprint density at radius 3 is 2.45 bits per heavy atom. The molecule has 1 aliphatic rings. The van der Waals surface area contributed by atoms with Gasteiger partial charge < -0.3 is 9.84 Å². The molecule has 0 saturated heterocycles. The van der Waals surface area contributed by atoms with E-state index in [0.717, 1.165) is 25.7 Å². The third-order valence-corrected chi connectivity index (χ3v) is 3.38. The fraction of sp³-hybridized carbons (Fsp3) is 0.857. The molecule has 1 fully saturated rings. The summed E-state index contributed by atoms with van der Waals surface area (Å²) in [7, 11) is 0. The van der Waals surface area contributed by atoms with Gasteiger partial charge in [0.05, 0.1) is 6.61 Å². The van der Waals surface area contributed by atoms with E-state index in [2.05, 4.69) is 5.48 Å². The maximum absolute atomic E-state index is 11.3. The topological polar surface area (TPSA) is 84.9 Å². The molecule has 1 atom stereocenters. The van der Waals surface area contributed by atoms with Gasteiger partial charge in [0.15, 0.2) is 6.10 Å². The smallest absolute Gasteiger partial charge is 0.431 e. The van der Waals surface area contributed by atoms with Crippen molar-refractivity contribution in [2.75, 3.05) is 6.61 Å². The number of nitrogens with one attached hydrogen (secondary N) is 1. The molecule has 1 amide bonds. The van der Waals surface area contributed by atoms with Crippen molar-refractivity contribution in [3.63, 3.8) is 0 Å². The van der Waals surface area contributed by atoms with E-state index in [4.69, 9.17) is 14.7 Å². The molecule has 0 heterocycles. The second-order valence-corrected chi connectivity index (χ2v) is 5.78. The third-order valence-electron chi connectivity index (χ3n) is 3.38. The van der Waals surface area contributed by atoms with Gasteiger partial charge >= 0.3 is 12.1 Å². The van der Waals surface area contributed by atoms with Crippen molar-refractivity contribution < 1.29 is 24.3 Å². The van der Waals surface area contributed by atoms with Gasteiger partial charge in [0.2, 0.25) is 0 Å². The fourth-order valence-electron chi connectivity index (χ4n) is 2.32. The van der Waals surface area contributed by atoms with E-state index in [9.17, 15) is 9.59 Å². The lowest BCUT2D eigenvalue weighted by atomic mass is 9.85. The molecule has 2 N–H and O–H groups in total. The average Bonchev–Trinajstić information content (AvgIpc) is 2.42. The molecular weight excluding hydrogens is 262 g/mol. The highest BCUT2D eigenvalue weighted by Gasteiger charge is 2.26. The first-order chi connectivity index (χ1) is 9.49. The molecule has 0 radical (unpaired) electrons. The average molecular weight is 287 g/mol. The molecule has 1 saturated carbocycles. The van der Waals surface area contributed by atoms with Crippen LogP contribution in [0, 0.1) is 11.8 Å². The Hall–Kier alpha value is -1.30. The molecule has 1 aliphatic carbocycles. The SMILES string of the molecule is CC(C)COC(=O)NO[C@H](CC1CCCCC1)C(=O)O. The third kappa shape index (κ3) is 6.75. The molecule has 0 aromatic carbocycles. The maximum Gasteiger partial charge on any atom is 0.431 e. The van der Waals surface area contributed by atoms with Crippen LogP contribution in [0.15, 0.2) is 0 Å². The van der Waals surface area contributed by atoms with Gasteiger partial charge in [0, 0.05) is 0 Å². The quantitative estimate of drug-likeness (QED) is 0.703. The second kappa shape index (κ2) is 8.79. The largest absolute Gasteiger partial charge is 0.479 e. The Morgan fingerprint density at radius 2 is 1.90 bits per heavy atom. The first-order valence-electron chi connectivity index (χ1n) is 7.30. The van der Waals surface area contributed by atoms with Crippen molar-refractivity contribution in [1.82, 2.24) is 5.48 Å². The molecule has 0 spiro atoms. The standard InChI is InChI=1S/C14H25NO5/c1-10(2)9-19-14(18)15-20-12(13(16)17)8-11-6-4-3-5-7-11/h10-12H,3-9H2,1-2H3,(H,15,18)(H,16,17)/t12-/m1/s1. The van der Waals surface area contributed by atoms with E-state index >= 15 is 0 Å². The number of rotatable bonds is 7. The zero-order valence-corrected chi connectivity index (χ0v) is 12.3. The number of hydrogen-bond acceptors (Lipinski definition) is 4. The van der Waals surface area contributed by atoms with E-state index < -0.39 is 18.2 Å². The highest BCUT2D eigenvalue weighted by Crippen LogP contribution is 2.27. The monoisotopic (exact) mass is 287 g/mol. The van der Waals surface area contributed by atoms with Gasteiger partial charge in [-0.15, -0.1) is 0 Å². The van der Waals surface area contributed by atoms with Crippen molar-refractivity contribution in [2.24, 2.45) is 11.8 Å². The molecule has 0 aromatic rings. The predicted molar refractivity (Wildman–Crippen MR) is 73.0 cm³/mol. The molecule has 20 heavy (non-hydrogen) atoms. The lowest BCUT2D eigenvalue weighted by molar-refractivity contribution is -0.156. The van der Waals surface area contributed by atoms with Gasteiger partial charge in [-0.05, 0) is 18.3 Å². The number of hydrogen-bond donors (Lipinski definition) is 2. The maximum atomic E-state index is 11.3. The number of ether oxygens (including phenoxy) is 1. The number of aliphatic carboxylic acids is 1. The summed E-state index contributed by atoms with van der Waals surface area (Å²) in [6.45, 7) is 4.10. The minimum atomic E-state index is -1.06. The first-order valence-corrected chi connectivity index (χ1v) is 7.30. The van der Waals surface area contributed by atoms with Crippen molar-refractivity contribution in [3.8, 4) is 0 Å². The van der Waals surface area contributed by atoms with Crippen LogP contribution in [0.5, 0.6) is 0 Å². The number of amides is 1. The van der Waals surface area contributed by atoms with Gasteiger partial charge in [0.1, 0.15) is 0 Å². The van der Waals surface area contributed by atoms with Gasteiger partial charge in [0.25, 0.3) is 0 Å². The van der Waals surface area contributed by atoms with E-state index in [1.54, 1.807) is 0 Å². The van der Waals surface area contributed by atoms with E-state index in [1.807, 2.05) is 13.8 Å². The van der Waals surface area contributed by atoms with Gasteiger partial charge in [-0.25, -0.2) is 9.59 Å². The summed E-state index contributed by atoms with van der Waals surface area (Å²) < 4.78 is 4.86. The Bertz CT molecular complexity index is 313. The lowest BCUT2D eigenvalue weighted by Crippen LogP contribution is -2.36. The summed E-state index contributed by atoms with van der Waals surface area (Å²) in [6, 6.07) is 0. The fourth-order valence-corrected chi connectivity index (χ4v) is 2.32. The number of carbonyl (C=O) groups is 2. The minimum absolute atomic E-state index is 0.221. The van der Waals surface area contributed by atoms with Crippen LogP contribution < -0.4 is 5.48 Å². The van der Waals surface area contributed by atoms with Crippen molar-refractivity contribution in [1.29, 1.82) is 0 Å². The van der Waals surface area contributed by atoms with Crippen LogP contribution in [-0.4, -0.2) is 29.9 Å². The van der Waals surface area contributed by atoms with Crippen molar-refractivity contribution in [3.05, 3.63) is 0 Å². The van der Waals surface area contributed by atoms with Gasteiger partial charge in [-0.3, -0.25) is 4.84 Å². The van der Waals surface area contributed by atoms with Crippen LogP contribution in [0.2, 0.25) is 0 Å². The summed E-state index contributed by atoms with van der Waals surface area (Å²) in [5.41, 5.74) is 2.07. The molecule has 0 unspecified atom stereocenters. The van der Waals surface area contributed by atoms with Crippen molar-refractivity contribution >= 4 is 12.1 Å². The minimum Gasteiger partial charge on any atom is -0.479 e. The van der Waals surface area contributed by atoms with Crippen LogP contribution in [-0.2, 0) is 14.4 Å². The van der Waals surface area contributed by atoms with E-state index in [-0.39, 0.29) is 12.5 Å². The molecule has 116 valence electrons. The Morgan fingerprint density at radius 1 is 1.25 bits per heavy atom. The molecule has 6 nitrogen and oxygen atoms in total. The van der Waals surface area contributed by atoms with Gasteiger partial charge in [-0.1, -0.05) is 46.0 Å². The normalized spacial score (nSPS) is 17.8. The lowest BCUT2D eigenvalue weighted by Gasteiger charge is -2.24.